The van der Waals surface area contributed by atoms with E-state index >= 15 is 0 Å². The average molecular weight is 592 g/mol. The first-order chi connectivity index (χ1) is 22.1. The van der Waals surface area contributed by atoms with Crippen molar-refractivity contribution in [2.75, 3.05) is 0 Å². The lowest BCUT2D eigenvalue weighted by molar-refractivity contribution is -0.172. The Hall–Kier alpha value is -5.69. The van der Waals surface area contributed by atoms with Crippen molar-refractivity contribution in [1.29, 1.82) is 0 Å². The fourth-order valence-electron chi connectivity index (χ4n) is 6.89. The van der Waals surface area contributed by atoms with Gasteiger partial charge in [0.15, 0.2) is 0 Å². The molecule has 7 nitrogen and oxygen atoms in total. The zero-order valence-corrected chi connectivity index (χ0v) is 24.4. The van der Waals surface area contributed by atoms with Crippen molar-refractivity contribution in [3.63, 3.8) is 0 Å². The van der Waals surface area contributed by atoms with Crippen LogP contribution in [0.2, 0.25) is 0 Å². The number of unbranched alkanes of at least 4 members (excludes halogenated alkanes) is 1. The third-order valence-electron chi connectivity index (χ3n) is 8.93. The molecule has 2 amide bonds. The summed E-state index contributed by atoms with van der Waals surface area (Å²) in [5, 5.41) is 5.11. The Morgan fingerprint density at radius 2 is 0.978 bits per heavy atom. The number of carbonyl (C=O) groups is 3. The van der Waals surface area contributed by atoms with Crippen molar-refractivity contribution in [1.82, 2.24) is 14.2 Å². The molecule has 7 heteroatoms. The largest absolute Gasteiger partial charge is 0.355 e. The van der Waals surface area contributed by atoms with Gasteiger partial charge in [-0.1, -0.05) is 90.0 Å². The Morgan fingerprint density at radius 1 is 0.556 bits per heavy atom. The summed E-state index contributed by atoms with van der Waals surface area (Å²) in [6.45, 7) is 0.779. The Labute approximate surface area is 258 Å². The predicted octanol–water partition coefficient (Wildman–Crippen LogP) is 8.07. The number of benzene rings is 5. The molecular formula is C38H29N3O4. The summed E-state index contributed by atoms with van der Waals surface area (Å²) < 4.78 is 4.35. The van der Waals surface area contributed by atoms with Gasteiger partial charge in [-0.05, 0) is 55.7 Å². The zero-order chi connectivity index (χ0) is 30.5. The lowest BCUT2D eigenvalue weighted by atomic mass is 10.1. The number of amides is 2. The SMILES string of the molecule is O=C(ON1C(=O)c2ccccc2C1=O)C(CCCCn1c2ccccc2c2ccccc21)n1c2ccccc2c2ccccc21. The number of carbonyl (C=O) groups excluding carboxylic acids is 3. The number of para-hydroxylation sites is 4. The van der Waals surface area contributed by atoms with Crippen LogP contribution in [0.1, 0.15) is 46.0 Å². The molecule has 220 valence electrons. The van der Waals surface area contributed by atoms with Gasteiger partial charge in [-0.3, -0.25) is 9.59 Å². The van der Waals surface area contributed by atoms with E-state index in [-0.39, 0.29) is 11.1 Å². The molecule has 0 aliphatic carbocycles. The van der Waals surface area contributed by atoms with Crippen LogP contribution in [-0.2, 0) is 16.2 Å². The van der Waals surface area contributed by atoms with Gasteiger partial charge < -0.3 is 14.0 Å². The number of fused-ring (bicyclic) bond motifs is 7. The number of nitrogens with zero attached hydrogens (tertiary/aromatic N) is 3. The third kappa shape index (κ3) is 4.31. The number of imide groups is 1. The minimum atomic E-state index is -0.766. The highest BCUT2D eigenvalue weighted by Gasteiger charge is 2.40. The van der Waals surface area contributed by atoms with Gasteiger partial charge >= 0.3 is 5.97 Å². The van der Waals surface area contributed by atoms with Crippen molar-refractivity contribution in [2.24, 2.45) is 0 Å². The molecule has 8 rings (SSSR count). The Balaban J connectivity index is 1.12. The highest BCUT2D eigenvalue weighted by molar-refractivity contribution is 6.21. The minimum Gasteiger partial charge on any atom is -0.340 e. The number of hydrogen-bond acceptors (Lipinski definition) is 4. The maximum absolute atomic E-state index is 14.1. The van der Waals surface area contributed by atoms with Gasteiger partial charge in [-0.2, -0.15) is 0 Å². The first-order valence-electron chi connectivity index (χ1n) is 15.2. The molecule has 1 aliphatic heterocycles. The molecule has 2 aromatic heterocycles. The lowest BCUT2D eigenvalue weighted by Crippen LogP contribution is -2.36. The average Bonchev–Trinajstić information content (AvgIpc) is 3.67. The van der Waals surface area contributed by atoms with Gasteiger partial charge in [0, 0.05) is 50.2 Å². The van der Waals surface area contributed by atoms with Crippen LogP contribution in [0.3, 0.4) is 0 Å². The van der Waals surface area contributed by atoms with Crippen LogP contribution in [0, 0.1) is 0 Å². The van der Waals surface area contributed by atoms with Gasteiger partial charge in [0.25, 0.3) is 11.8 Å². The van der Waals surface area contributed by atoms with Crippen LogP contribution < -0.4 is 0 Å². The van der Waals surface area contributed by atoms with Crippen LogP contribution in [0.25, 0.3) is 43.6 Å². The Morgan fingerprint density at radius 3 is 1.49 bits per heavy atom. The molecule has 0 bridgehead atoms. The van der Waals surface area contributed by atoms with Crippen LogP contribution in [0.4, 0.5) is 0 Å². The van der Waals surface area contributed by atoms with E-state index in [0.717, 1.165) is 34.8 Å². The maximum Gasteiger partial charge on any atom is 0.355 e. The van der Waals surface area contributed by atoms with Crippen LogP contribution in [-0.4, -0.2) is 32.0 Å². The van der Waals surface area contributed by atoms with Crippen molar-refractivity contribution in [2.45, 2.75) is 31.8 Å². The second-order valence-electron chi connectivity index (χ2n) is 11.5. The van der Waals surface area contributed by atoms with Gasteiger partial charge in [0.1, 0.15) is 6.04 Å². The quantitative estimate of drug-likeness (QED) is 0.132. The molecular weight excluding hydrogens is 562 g/mol. The van der Waals surface area contributed by atoms with Crippen molar-refractivity contribution >= 4 is 61.4 Å². The molecule has 1 unspecified atom stereocenters. The summed E-state index contributed by atoms with van der Waals surface area (Å²) in [7, 11) is 0. The molecule has 0 saturated heterocycles. The lowest BCUT2D eigenvalue weighted by Gasteiger charge is -2.22. The normalized spacial score (nSPS) is 13.7. The number of hydroxylamine groups is 2. The fourth-order valence-corrected chi connectivity index (χ4v) is 6.89. The second-order valence-corrected chi connectivity index (χ2v) is 11.5. The van der Waals surface area contributed by atoms with Gasteiger partial charge in [-0.25, -0.2) is 4.79 Å². The summed E-state index contributed by atoms with van der Waals surface area (Å²) in [5.41, 5.74) is 4.62. The van der Waals surface area contributed by atoms with Gasteiger partial charge in [0.05, 0.1) is 11.1 Å². The topological polar surface area (TPSA) is 73.5 Å². The van der Waals surface area contributed by atoms with Gasteiger partial charge in [-0.15, -0.1) is 0 Å². The molecule has 0 spiro atoms. The second kappa shape index (κ2) is 10.8. The Bertz CT molecular complexity index is 2150. The third-order valence-corrected chi connectivity index (χ3v) is 8.93. The monoisotopic (exact) mass is 591 g/mol. The molecule has 1 atom stereocenters. The zero-order valence-electron chi connectivity index (χ0n) is 24.4. The van der Waals surface area contributed by atoms with E-state index in [2.05, 4.69) is 53.1 Å². The van der Waals surface area contributed by atoms with E-state index < -0.39 is 23.8 Å². The highest BCUT2D eigenvalue weighted by Crippen LogP contribution is 2.35. The minimum absolute atomic E-state index is 0.231. The Kier molecular flexibility index (Phi) is 6.45. The molecule has 0 saturated carbocycles. The number of hydrogen-bond donors (Lipinski definition) is 0. The summed E-state index contributed by atoms with van der Waals surface area (Å²) in [4.78, 5) is 46.0. The molecule has 0 fully saturated rings. The number of rotatable bonds is 8. The molecule has 1 aliphatic rings. The number of aromatic nitrogens is 2. The van der Waals surface area contributed by atoms with Crippen LogP contribution in [0.5, 0.6) is 0 Å². The van der Waals surface area contributed by atoms with E-state index in [1.165, 1.54) is 21.8 Å². The van der Waals surface area contributed by atoms with Crippen LogP contribution >= 0.6 is 0 Å². The molecule has 3 heterocycles. The van der Waals surface area contributed by atoms with Crippen molar-refractivity contribution < 1.29 is 19.2 Å². The molecule has 0 radical (unpaired) electrons. The van der Waals surface area contributed by atoms with Crippen LogP contribution in [0.15, 0.2) is 121 Å². The van der Waals surface area contributed by atoms with E-state index in [1.54, 1.807) is 24.3 Å². The summed E-state index contributed by atoms with van der Waals surface area (Å²) in [6.07, 6.45) is 1.99. The summed E-state index contributed by atoms with van der Waals surface area (Å²) in [5.74, 6) is -1.90. The molecule has 45 heavy (non-hydrogen) atoms. The number of aryl methyl sites for hydroxylation is 1. The van der Waals surface area contributed by atoms with E-state index in [4.69, 9.17) is 4.84 Å². The van der Waals surface area contributed by atoms with E-state index in [0.29, 0.717) is 17.9 Å². The smallest absolute Gasteiger partial charge is 0.340 e. The highest BCUT2D eigenvalue weighted by atomic mass is 16.7. The van der Waals surface area contributed by atoms with Crippen molar-refractivity contribution in [3.05, 3.63) is 132 Å². The van der Waals surface area contributed by atoms with E-state index in [9.17, 15) is 14.4 Å². The van der Waals surface area contributed by atoms with Gasteiger partial charge in [0.2, 0.25) is 0 Å². The standard InChI is InChI=1S/C38H29N3O4/c42-36-29-17-1-2-18-30(29)37(43)41(36)45-38(44)35(40-33-21-9-5-15-27(33)28-16-6-10-22-34(28)40)23-11-12-24-39-31-19-7-3-13-25(31)26-14-4-8-20-32(26)39/h1-10,13-22,35H,11-12,23-24H2. The fraction of sp³-hybridized carbons (Fsp3) is 0.132. The predicted molar refractivity (Wildman–Crippen MR) is 175 cm³/mol. The van der Waals surface area contributed by atoms with Crippen molar-refractivity contribution in [3.8, 4) is 0 Å². The van der Waals surface area contributed by atoms with E-state index in [1.807, 2.05) is 53.1 Å². The summed E-state index contributed by atoms with van der Waals surface area (Å²) >= 11 is 0. The molecule has 5 aromatic carbocycles. The molecule has 7 aromatic rings. The maximum atomic E-state index is 14.1. The first kappa shape index (κ1) is 26.9. The summed E-state index contributed by atoms with van der Waals surface area (Å²) in [6, 6.07) is 38.6. The first-order valence-corrected chi connectivity index (χ1v) is 15.2. The molecule has 0 N–H and O–H groups in total.